The highest BCUT2D eigenvalue weighted by molar-refractivity contribution is 7.92. The van der Waals surface area contributed by atoms with Gasteiger partial charge in [-0.2, -0.15) is 0 Å². The van der Waals surface area contributed by atoms with Crippen molar-refractivity contribution in [2.24, 2.45) is 0 Å². The zero-order valence-corrected chi connectivity index (χ0v) is 13.7. The van der Waals surface area contributed by atoms with Crippen molar-refractivity contribution in [2.45, 2.75) is 32.1 Å². The van der Waals surface area contributed by atoms with Crippen molar-refractivity contribution >= 4 is 15.8 Å². The second-order valence-corrected chi connectivity index (χ2v) is 7.39. The van der Waals surface area contributed by atoms with Gasteiger partial charge in [-0.15, -0.1) is 0 Å². The summed E-state index contributed by atoms with van der Waals surface area (Å²) in [6.07, 6.45) is 0. The second kappa shape index (κ2) is 7.56. The molecule has 0 saturated carbocycles. The fraction of sp³-hybridized carbons (Fsp3) is 0.533. The van der Waals surface area contributed by atoms with Crippen molar-refractivity contribution in [3.05, 3.63) is 35.4 Å². The number of hydrogen-bond donors (Lipinski definition) is 1. The third-order valence-electron chi connectivity index (χ3n) is 3.44. The molecule has 2 atom stereocenters. The smallest absolute Gasteiger partial charge is 0.320 e. The average Bonchev–Trinajstić information content (AvgIpc) is 2.44. The Bertz CT molecular complexity index is 566. The highest BCUT2D eigenvalue weighted by Crippen LogP contribution is 2.23. The molecule has 1 aromatic rings. The van der Waals surface area contributed by atoms with Crippen LogP contribution in [0.15, 0.2) is 24.3 Å². The Balaban J connectivity index is 3.04. The van der Waals surface area contributed by atoms with Gasteiger partial charge in [0.1, 0.15) is 5.75 Å². The number of carbonyl (C=O) groups excluding carboxylic acids is 1. The van der Waals surface area contributed by atoms with Crippen molar-refractivity contribution in [2.75, 3.05) is 19.4 Å². The van der Waals surface area contributed by atoms with Gasteiger partial charge in [-0.1, -0.05) is 36.8 Å². The van der Waals surface area contributed by atoms with Gasteiger partial charge in [0, 0.05) is 6.04 Å². The van der Waals surface area contributed by atoms with Crippen LogP contribution in [0.25, 0.3) is 0 Å². The quantitative estimate of drug-likeness (QED) is 0.775. The minimum Gasteiger partial charge on any atom is -0.468 e. The molecular formula is C15H23NO4S. The summed E-state index contributed by atoms with van der Waals surface area (Å²) in [4.78, 5) is 11.3. The Morgan fingerprint density at radius 3 is 2.33 bits per heavy atom. The Kier molecular flexibility index (Phi) is 6.36. The Morgan fingerprint density at radius 1 is 1.29 bits per heavy atom. The highest BCUT2D eigenvalue weighted by Gasteiger charge is 2.32. The molecule has 0 saturated heterocycles. The molecule has 5 nitrogen and oxygen atoms in total. The number of carbonyl (C=O) groups is 1. The minimum atomic E-state index is -3.59. The number of sulfone groups is 1. The summed E-state index contributed by atoms with van der Waals surface area (Å²) < 4.78 is 29.1. The molecule has 1 aromatic carbocycles. The summed E-state index contributed by atoms with van der Waals surface area (Å²) in [7, 11) is -2.40. The molecule has 2 unspecified atom stereocenters. The maximum Gasteiger partial charge on any atom is 0.320 e. The zero-order valence-electron chi connectivity index (χ0n) is 12.9. The average molecular weight is 313 g/mol. The molecule has 118 valence electrons. The number of aryl methyl sites for hydroxylation is 1. The lowest BCUT2D eigenvalue weighted by atomic mass is 10.0. The highest BCUT2D eigenvalue weighted by atomic mass is 32.2. The largest absolute Gasteiger partial charge is 0.468 e. The monoisotopic (exact) mass is 313 g/mol. The Labute approximate surface area is 126 Å². The predicted octanol–water partition coefficient (Wildman–Crippen LogP) is 1.62. The van der Waals surface area contributed by atoms with Crippen molar-refractivity contribution in [1.82, 2.24) is 5.32 Å². The van der Waals surface area contributed by atoms with Crippen LogP contribution in [0.2, 0.25) is 0 Å². The van der Waals surface area contributed by atoms with Crippen molar-refractivity contribution < 1.29 is 17.9 Å². The number of hydrogen-bond acceptors (Lipinski definition) is 5. The normalized spacial score (nSPS) is 14.5. The van der Waals surface area contributed by atoms with E-state index in [0.29, 0.717) is 6.54 Å². The molecule has 0 radical (unpaired) electrons. The first kappa shape index (κ1) is 17.7. The first-order chi connectivity index (χ1) is 9.81. The number of methoxy groups -OCH3 is 1. The van der Waals surface area contributed by atoms with E-state index in [1.54, 1.807) is 6.92 Å². The molecular weight excluding hydrogens is 290 g/mol. The van der Waals surface area contributed by atoms with Crippen LogP contribution in [0.5, 0.6) is 0 Å². The van der Waals surface area contributed by atoms with Gasteiger partial charge >= 0.3 is 5.97 Å². The molecule has 0 aliphatic carbocycles. The summed E-state index contributed by atoms with van der Waals surface area (Å²) in [5.74, 6) is -1.33. The van der Waals surface area contributed by atoms with Crippen molar-refractivity contribution in [1.29, 1.82) is 0 Å². The van der Waals surface area contributed by atoms with Gasteiger partial charge in [-0.05, 0) is 26.0 Å². The standard InChI is InChI=1S/C15H23NO4S/c1-5-16-15(13-8-6-11(2)7-9-13)12(3)21(18,19)10-14(17)20-4/h6-9,12,15-16H,5,10H2,1-4H3. The van der Waals surface area contributed by atoms with Crippen molar-refractivity contribution in [3.63, 3.8) is 0 Å². The number of nitrogens with one attached hydrogen (secondary N) is 1. The summed E-state index contributed by atoms with van der Waals surface area (Å²) >= 11 is 0. The molecule has 0 spiro atoms. The van der Waals surface area contributed by atoms with Gasteiger partial charge in [0.25, 0.3) is 0 Å². The van der Waals surface area contributed by atoms with E-state index in [1.807, 2.05) is 38.1 Å². The minimum absolute atomic E-state index is 0.356. The molecule has 1 N–H and O–H groups in total. The van der Waals surface area contributed by atoms with E-state index >= 15 is 0 Å². The molecule has 0 heterocycles. The maximum absolute atomic E-state index is 12.3. The lowest BCUT2D eigenvalue weighted by Gasteiger charge is -2.25. The molecule has 0 aromatic heterocycles. The molecule has 6 heteroatoms. The van der Waals surface area contributed by atoms with Gasteiger partial charge < -0.3 is 10.1 Å². The van der Waals surface area contributed by atoms with E-state index in [2.05, 4.69) is 10.1 Å². The van der Waals surface area contributed by atoms with E-state index in [4.69, 9.17) is 0 Å². The lowest BCUT2D eigenvalue weighted by molar-refractivity contribution is -0.137. The van der Waals surface area contributed by atoms with Crippen LogP contribution in [0.1, 0.15) is 31.0 Å². The van der Waals surface area contributed by atoms with Crippen LogP contribution >= 0.6 is 0 Å². The van der Waals surface area contributed by atoms with Crippen LogP contribution in [0.3, 0.4) is 0 Å². The van der Waals surface area contributed by atoms with E-state index in [9.17, 15) is 13.2 Å². The third-order valence-corrected chi connectivity index (χ3v) is 5.49. The number of esters is 1. The van der Waals surface area contributed by atoms with Gasteiger partial charge in [-0.3, -0.25) is 4.79 Å². The van der Waals surface area contributed by atoms with Crippen LogP contribution < -0.4 is 5.32 Å². The van der Waals surface area contributed by atoms with E-state index in [1.165, 1.54) is 7.11 Å². The van der Waals surface area contributed by atoms with Crippen molar-refractivity contribution in [3.8, 4) is 0 Å². The number of ether oxygens (including phenoxy) is 1. The molecule has 0 bridgehead atoms. The maximum atomic E-state index is 12.3. The van der Waals surface area contributed by atoms with E-state index in [-0.39, 0.29) is 6.04 Å². The van der Waals surface area contributed by atoms with Crippen LogP contribution in [0.4, 0.5) is 0 Å². The molecule has 21 heavy (non-hydrogen) atoms. The second-order valence-electron chi connectivity index (χ2n) is 5.03. The third kappa shape index (κ3) is 4.82. The van der Waals surface area contributed by atoms with Crippen LogP contribution in [-0.4, -0.2) is 39.0 Å². The molecule has 0 fully saturated rings. The van der Waals surface area contributed by atoms with Gasteiger partial charge in [0.05, 0.1) is 12.4 Å². The summed E-state index contributed by atoms with van der Waals surface area (Å²) in [5, 5.41) is 2.46. The number of rotatable bonds is 7. The van der Waals surface area contributed by atoms with Crippen LogP contribution in [-0.2, 0) is 19.4 Å². The summed E-state index contributed by atoms with van der Waals surface area (Å²) in [6.45, 7) is 6.15. The fourth-order valence-electron chi connectivity index (χ4n) is 2.11. The zero-order chi connectivity index (χ0) is 16.0. The van der Waals surface area contributed by atoms with Crippen LogP contribution in [0, 0.1) is 6.92 Å². The molecule has 0 aliphatic rings. The SMILES string of the molecule is CCNC(c1ccc(C)cc1)C(C)S(=O)(=O)CC(=O)OC. The summed E-state index contributed by atoms with van der Waals surface area (Å²) in [5.41, 5.74) is 2.00. The topological polar surface area (TPSA) is 72.5 Å². The van der Waals surface area contributed by atoms with Gasteiger partial charge in [0.15, 0.2) is 9.84 Å². The first-order valence-electron chi connectivity index (χ1n) is 6.90. The Hall–Kier alpha value is -1.40. The van der Waals surface area contributed by atoms with Gasteiger partial charge in [-0.25, -0.2) is 8.42 Å². The van der Waals surface area contributed by atoms with E-state index < -0.39 is 26.8 Å². The first-order valence-corrected chi connectivity index (χ1v) is 8.61. The Morgan fingerprint density at radius 2 is 1.86 bits per heavy atom. The lowest BCUT2D eigenvalue weighted by Crippen LogP contribution is -2.38. The number of benzene rings is 1. The molecule has 0 aliphatic heterocycles. The predicted molar refractivity (Wildman–Crippen MR) is 82.9 cm³/mol. The van der Waals surface area contributed by atoms with E-state index in [0.717, 1.165) is 11.1 Å². The van der Waals surface area contributed by atoms with Gasteiger partial charge in [0.2, 0.25) is 0 Å². The summed E-state index contributed by atoms with van der Waals surface area (Å²) in [6, 6.07) is 7.35. The molecule has 1 rings (SSSR count). The fourth-order valence-corrected chi connectivity index (χ4v) is 3.49. The molecule has 0 amide bonds.